The van der Waals surface area contributed by atoms with Gasteiger partial charge in [0.05, 0.1) is 51.0 Å². The summed E-state index contributed by atoms with van der Waals surface area (Å²) in [5, 5.41) is 30.0. The van der Waals surface area contributed by atoms with E-state index < -0.39 is 59.7 Å². The zero-order chi connectivity index (χ0) is 35.7. The van der Waals surface area contributed by atoms with Crippen molar-refractivity contribution in [3.05, 3.63) is 46.3 Å². The summed E-state index contributed by atoms with van der Waals surface area (Å²) in [6.07, 6.45) is -3.79. The van der Waals surface area contributed by atoms with Gasteiger partial charge in [-0.15, -0.1) is 11.8 Å². The number of alkyl halides is 4. The fourth-order valence-corrected chi connectivity index (χ4v) is 7.32. The van der Waals surface area contributed by atoms with E-state index in [1.807, 2.05) is 7.05 Å². The number of hydrogen-bond acceptors (Lipinski definition) is 9. The lowest BCUT2D eigenvalue weighted by Gasteiger charge is -2.50. The maximum Gasteiger partial charge on any atom is 0.430 e. The largest absolute Gasteiger partial charge is 0.542 e. The van der Waals surface area contributed by atoms with Crippen LogP contribution in [0, 0.1) is 11.6 Å². The number of hydrogen-bond donors (Lipinski definition) is 3. The Morgan fingerprint density at radius 1 is 1.15 bits per heavy atom. The summed E-state index contributed by atoms with van der Waals surface area (Å²) in [6, 6.07) is 0.337. The number of likely N-dealkylation sites (N-methyl/N-ethyl adjacent to an activating group) is 1. The van der Waals surface area contributed by atoms with E-state index in [4.69, 9.17) is 9.90 Å². The molecule has 48 heavy (non-hydrogen) atoms. The van der Waals surface area contributed by atoms with Crippen molar-refractivity contribution in [2.45, 2.75) is 24.0 Å². The van der Waals surface area contributed by atoms with Crippen LogP contribution in [-0.4, -0.2) is 126 Å². The summed E-state index contributed by atoms with van der Waals surface area (Å²) < 4.78 is 76.3. The standard InChI is InChI=1S/C26H28F3N5O6S.C2HF3O2/c1-34(11-16-12-41-24-19(30-13-35)23(36)33(24)21(16)26(39)40)6-4-31(5-7-34)22-17(28)9-14-8-15(25(37)38)10-32(3-2-27)20(14)18(22)29;3-2(4,5)1(6)7/h9-10,13,19,24H,2-8,11-12H2,1H3,(H2-,30,35,37,38,39,40);(H,6,7). The second-order valence-electron chi connectivity index (χ2n) is 11.5. The fourth-order valence-electron chi connectivity index (χ4n) is 5.97. The molecule has 2 fully saturated rings. The van der Waals surface area contributed by atoms with Crippen molar-refractivity contribution in [1.29, 1.82) is 0 Å². The first-order valence-corrected chi connectivity index (χ1v) is 15.2. The Hall–Kier alpha value is -4.46. The molecule has 1 aromatic rings. The molecule has 13 nitrogen and oxygen atoms in total. The summed E-state index contributed by atoms with van der Waals surface area (Å²) in [5.74, 6) is -7.34. The Morgan fingerprint density at radius 2 is 1.77 bits per heavy atom. The molecule has 4 aliphatic heterocycles. The molecule has 0 aromatic heterocycles. The molecular weight excluding hydrogens is 680 g/mol. The highest BCUT2D eigenvalue weighted by Crippen LogP contribution is 2.42. The molecule has 0 spiro atoms. The lowest BCUT2D eigenvalue weighted by Crippen LogP contribution is -2.70. The number of halogens is 6. The predicted molar refractivity (Wildman–Crippen MR) is 154 cm³/mol. The summed E-state index contributed by atoms with van der Waals surface area (Å²) in [5.41, 5.74) is 0.203. The highest BCUT2D eigenvalue weighted by molar-refractivity contribution is 8.00. The second-order valence-corrected chi connectivity index (χ2v) is 12.6. The molecule has 0 bridgehead atoms. The zero-order valence-corrected chi connectivity index (χ0v) is 25.9. The van der Waals surface area contributed by atoms with Gasteiger partial charge in [0.2, 0.25) is 6.41 Å². The number of carboxylic acid groups (broad SMARTS) is 3. The van der Waals surface area contributed by atoms with Crippen molar-refractivity contribution in [2.24, 2.45) is 0 Å². The molecule has 4 aliphatic rings. The zero-order valence-electron chi connectivity index (χ0n) is 25.1. The summed E-state index contributed by atoms with van der Waals surface area (Å²) in [4.78, 5) is 59.8. The first kappa shape index (κ1) is 36.4. The molecule has 5 rings (SSSR count). The Bertz CT molecular complexity index is 1580. The highest BCUT2D eigenvalue weighted by atomic mass is 32.2. The minimum absolute atomic E-state index is 0.0431. The van der Waals surface area contributed by atoms with Gasteiger partial charge < -0.3 is 39.7 Å². The quantitative estimate of drug-likeness (QED) is 0.139. The van der Waals surface area contributed by atoms with Crippen LogP contribution < -0.4 is 20.2 Å². The number of anilines is 2. The third kappa shape index (κ3) is 7.18. The lowest BCUT2D eigenvalue weighted by molar-refractivity contribution is -0.905. The van der Waals surface area contributed by atoms with Gasteiger partial charge in [0.1, 0.15) is 47.8 Å². The lowest BCUT2D eigenvalue weighted by atomic mass is 9.97. The number of β-lactam (4-membered cyclic amide) rings is 1. The van der Waals surface area contributed by atoms with E-state index in [1.165, 1.54) is 27.8 Å². The Kier molecular flexibility index (Phi) is 10.6. The van der Waals surface area contributed by atoms with Crippen molar-refractivity contribution in [2.75, 3.05) is 68.5 Å². The average Bonchev–Trinajstić information content (AvgIpc) is 3.00. The van der Waals surface area contributed by atoms with E-state index >= 15 is 8.78 Å². The molecule has 3 N–H and O–H groups in total. The molecule has 20 heteroatoms. The second kappa shape index (κ2) is 14.0. The van der Waals surface area contributed by atoms with Gasteiger partial charge in [0.15, 0.2) is 5.82 Å². The maximum atomic E-state index is 15.8. The molecule has 2 atom stereocenters. The number of piperazine rings is 1. The number of aliphatic carboxylic acids is 3. The molecule has 2 saturated heterocycles. The van der Waals surface area contributed by atoms with Gasteiger partial charge in [-0.1, -0.05) is 0 Å². The van der Waals surface area contributed by atoms with E-state index in [1.54, 1.807) is 4.90 Å². The fraction of sp³-hybridized carbons (Fsp3) is 0.464. The van der Waals surface area contributed by atoms with E-state index in [0.29, 0.717) is 41.9 Å². The van der Waals surface area contributed by atoms with Gasteiger partial charge in [0.25, 0.3) is 5.91 Å². The van der Waals surface area contributed by atoms with Crippen molar-refractivity contribution in [1.82, 2.24) is 10.2 Å². The minimum atomic E-state index is -5.19. The van der Waals surface area contributed by atoms with Crippen LogP contribution in [0.4, 0.5) is 37.7 Å². The molecule has 0 aliphatic carbocycles. The van der Waals surface area contributed by atoms with E-state index in [-0.39, 0.29) is 54.3 Å². The van der Waals surface area contributed by atoms with Crippen LogP contribution in [0.15, 0.2) is 29.1 Å². The first-order chi connectivity index (χ1) is 22.4. The molecule has 262 valence electrons. The molecular formula is C28H29F6N5O8S. The topological polar surface area (TPSA) is 171 Å². The number of benzene rings is 1. The Morgan fingerprint density at radius 3 is 2.29 bits per heavy atom. The SMILES string of the molecule is C[N+]1(CC2=C(C(=O)O)N3C(=O)C(NC=O)C3SC2)CCN(c2c(F)cc3c(c2F)N(CCF)C=C(C(=O)O)C3)CC1.O=C([O-])C(F)(F)F. The van der Waals surface area contributed by atoms with E-state index in [0.717, 1.165) is 6.07 Å². The van der Waals surface area contributed by atoms with Gasteiger partial charge >= 0.3 is 18.1 Å². The molecule has 0 saturated carbocycles. The van der Waals surface area contributed by atoms with Gasteiger partial charge in [-0.05, 0) is 11.6 Å². The number of carbonyl (C=O) groups is 5. The number of nitrogens with zero attached hydrogens (tertiary/aromatic N) is 4. The minimum Gasteiger partial charge on any atom is -0.542 e. The number of quaternary nitrogens is 1. The van der Waals surface area contributed by atoms with Gasteiger partial charge in [-0.3, -0.25) is 14.5 Å². The van der Waals surface area contributed by atoms with Crippen LogP contribution in [0.1, 0.15) is 5.56 Å². The maximum absolute atomic E-state index is 15.8. The molecule has 0 radical (unpaired) electrons. The highest BCUT2D eigenvalue weighted by Gasteiger charge is 2.54. The Labute approximate surface area is 272 Å². The number of nitrogens with one attached hydrogen (secondary N) is 1. The van der Waals surface area contributed by atoms with Crippen LogP contribution in [0.2, 0.25) is 0 Å². The summed E-state index contributed by atoms with van der Waals surface area (Å²) >= 11 is 1.37. The van der Waals surface area contributed by atoms with Gasteiger partial charge in [0, 0.05) is 23.9 Å². The van der Waals surface area contributed by atoms with E-state index in [2.05, 4.69) is 5.32 Å². The van der Waals surface area contributed by atoms with Crippen LogP contribution >= 0.6 is 11.8 Å². The number of amides is 2. The van der Waals surface area contributed by atoms with Crippen LogP contribution in [0.3, 0.4) is 0 Å². The molecule has 1 aromatic carbocycles. The molecule has 2 amide bonds. The number of carboxylic acids is 3. The van der Waals surface area contributed by atoms with E-state index in [9.17, 15) is 47.0 Å². The third-order valence-corrected chi connectivity index (χ3v) is 9.60. The normalized spacial score (nSPS) is 21.6. The number of fused-ring (bicyclic) bond motifs is 2. The monoisotopic (exact) mass is 709 g/mol. The van der Waals surface area contributed by atoms with Gasteiger partial charge in [-0.2, -0.15) is 13.2 Å². The smallest absolute Gasteiger partial charge is 0.430 e. The van der Waals surface area contributed by atoms with Crippen LogP contribution in [0.25, 0.3) is 0 Å². The number of carbonyl (C=O) groups excluding carboxylic acids is 3. The predicted octanol–water partition coefficient (Wildman–Crippen LogP) is 0.199. The van der Waals surface area contributed by atoms with Gasteiger partial charge in [-0.25, -0.2) is 22.8 Å². The Balaban J connectivity index is 0.000000671. The number of thioether (sulfide) groups is 1. The van der Waals surface area contributed by atoms with Crippen LogP contribution in [0.5, 0.6) is 0 Å². The summed E-state index contributed by atoms with van der Waals surface area (Å²) in [7, 11) is 1.91. The van der Waals surface area contributed by atoms with Crippen LogP contribution in [-0.2, 0) is 30.4 Å². The average molecular weight is 710 g/mol. The van der Waals surface area contributed by atoms with Crippen molar-refractivity contribution in [3.63, 3.8) is 0 Å². The first-order valence-electron chi connectivity index (χ1n) is 14.2. The van der Waals surface area contributed by atoms with Crippen molar-refractivity contribution < 1.29 is 70.1 Å². The molecule has 2 unspecified atom stereocenters. The number of rotatable bonds is 9. The molecule has 4 heterocycles. The van der Waals surface area contributed by atoms with Crippen molar-refractivity contribution >= 4 is 53.4 Å². The summed E-state index contributed by atoms with van der Waals surface area (Å²) in [6.45, 7) is 0.476. The van der Waals surface area contributed by atoms with Crippen molar-refractivity contribution in [3.8, 4) is 0 Å². The third-order valence-electron chi connectivity index (χ3n) is 8.26.